The van der Waals surface area contributed by atoms with Gasteiger partial charge in [0.25, 0.3) is 5.91 Å². The van der Waals surface area contributed by atoms with Crippen LogP contribution in [0.3, 0.4) is 0 Å². The minimum atomic E-state index is -0.507. The van der Waals surface area contributed by atoms with Gasteiger partial charge in [-0.1, -0.05) is 6.07 Å². The number of primary amides is 1. The van der Waals surface area contributed by atoms with Crippen LogP contribution in [-0.4, -0.2) is 51.9 Å². The smallest absolute Gasteiger partial charge is 0.251 e. The standard InChI is InChI=1S/C18H20N6OS/c1-12(13-2-3-16-15(8-13)22-11-26-16)23-4-6-24(7-5-23)18-20-9-14(10-21-18)17(19)25/h2-3,8-12H,4-7H2,1H3,(H2,19,25)/t12-/m0/s1. The second-order valence-corrected chi connectivity index (χ2v) is 7.30. The van der Waals surface area contributed by atoms with E-state index < -0.39 is 5.91 Å². The summed E-state index contributed by atoms with van der Waals surface area (Å²) in [6.45, 7) is 5.79. The van der Waals surface area contributed by atoms with Gasteiger partial charge in [0.2, 0.25) is 5.95 Å². The van der Waals surface area contributed by atoms with Gasteiger partial charge in [-0.25, -0.2) is 15.0 Å². The number of hydrogen-bond acceptors (Lipinski definition) is 7. The fourth-order valence-electron chi connectivity index (χ4n) is 3.27. The molecule has 134 valence electrons. The zero-order valence-electron chi connectivity index (χ0n) is 14.5. The summed E-state index contributed by atoms with van der Waals surface area (Å²) in [5.74, 6) is 0.137. The lowest BCUT2D eigenvalue weighted by molar-refractivity contribution is 0.0999. The van der Waals surface area contributed by atoms with E-state index in [2.05, 4.69) is 49.9 Å². The number of rotatable bonds is 4. The van der Waals surface area contributed by atoms with Gasteiger partial charge in [-0.3, -0.25) is 9.69 Å². The number of amides is 1. The first-order valence-electron chi connectivity index (χ1n) is 8.56. The van der Waals surface area contributed by atoms with E-state index in [1.165, 1.54) is 22.7 Å². The Morgan fingerprint density at radius 3 is 2.58 bits per heavy atom. The third kappa shape index (κ3) is 3.25. The molecular weight excluding hydrogens is 348 g/mol. The molecule has 1 amide bonds. The van der Waals surface area contributed by atoms with Crippen molar-refractivity contribution >= 4 is 33.4 Å². The van der Waals surface area contributed by atoms with Crippen LogP contribution in [-0.2, 0) is 0 Å². The minimum Gasteiger partial charge on any atom is -0.366 e. The Balaban J connectivity index is 1.41. The Labute approximate surface area is 155 Å². The Hall–Kier alpha value is -2.58. The Morgan fingerprint density at radius 1 is 1.15 bits per heavy atom. The average molecular weight is 368 g/mol. The predicted molar refractivity (Wildman–Crippen MR) is 102 cm³/mol. The second-order valence-electron chi connectivity index (χ2n) is 6.41. The third-order valence-corrected chi connectivity index (χ3v) is 5.71. The molecule has 26 heavy (non-hydrogen) atoms. The number of carbonyl (C=O) groups is 1. The van der Waals surface area contributed by atoms with Crippen LogP contribution >= 0.6 is 11.3 Å². The maximum atomic E-state index is 11.1. The summed E-state index contributed by atoms with van der Waals surface area (Å²) < 4.78 is 1.22. The van der Waals surface area contributed by atoms with E-state index in [0.717, 1.165) is 31.7 Å². The molecule has 0 saturated carbocycles. The normalized spacial score (nSPS) is 16.7. The SMILES string of the molecule is C[C@@H](c1ccc2scnc2c1)N1CCN(c2ncc(C(N)=O)cn2)CC1. The monoisotopic (exact) mass is 368 g/mol. The zero-order valence-corrected chi connectivity index (χ0v) is 15.3. The van der Waals surface area contributed by atoms with E-state index in [4.69, 9.17) is 5.73 Å². The van der Waals surface area contributed by atoms with Gasteiger partial charge in [0, 0.05) is 44.6 Å². The summed E-state index contributed by atoms with van der Waals surface area (Å²) in [4.78, 5) is 28.7. The molecule has 4 rings (SSSR count). The number of nitrogens with two attached hydrogens (primary N) is 1. The van der Waals surface area contributed by atoms with Crippen molar-refractivity contribution in [3.8, 4) is 0 Å². The van der Waals surface area contributed by atoms with Gasteiger partial charge >= 0.3 is 0 Å². The van der Waals surface area contributed by atoms with Crippen molar-refractivity contribution in [2.45, 2.75) is 13.0 Å². The fourth-order valence-corrected chi connectivity index (χ4v) is 3.93. The fraction of sp³-hybridized carbons (Fsp3) is 0.333. The number of hydrogen-bond donors (Lipinski definition) is 1. The lowest BCUT2D eigenvalue weighted by Crippen LogP contribution is -2.47. The minimum absolute atomic E-state index is 0.332. The van der Waals surface area contributed by atoms with Crippen LogP contribution in [0.2, 0.25) is 0 Å². The van der Waals surface area contributed by atoms with E-state index in [9.17, 15) is 4.79 Å². The van der Waals surface area contributed by atoms with Crippen molar-refractivity contribution in [1.29, 1.82) is 0 Å². The first-order chi connectivity index (χ1) is 12.6. The molecule has 1 saturated heterocycles. The van der Waals surface area contributed by atoms with Gasteiger partial charge in [0.15, 0.2) is 0 Å². The van der Waals surface area contributed by atoms with Gasteiger partial charge in [-0.15, -0.1) is 11.3 Å². The van der Waals surface area contributed by atoms with E-state index in [1.807, 2.05) is 5.51 Å². The number of aromatic nitrogens is 3. The molecule has 1 aliphatic heterocycles. The first-order valence-corrected chi connectivity index (χ1v) is 9.44. The Morgan fingerprint density at radius 2 is 1.88 bits per heavy atom. The van der Waals surface area contributed by atoms with Crippen LogP contribution in [0.25, 0.3) is 10.2 Å². The highest BCUT2D eigenvalue weighted by Gasteiger charge is 2.23. The van der Waals surface area contributed by atoms with Gasteiger partial charge in [-0.2, -0.15) is 0 Å². The summed E-state index contributed by atoms with van der Waals surface area (Å²) in [6, 6.07) is 6.88. The number of benzene rings is 1. The topological polar surface area (TPSA) is 88.2 Å². The predicted octanol–water partition coefficient (Wildman–Crippen LogP) is 2.07. The van der Waals surface area contributed by atoms with Crippen molar-refractivity contribution in [2.24, 2.45) is 5.73 Å². The molecule has 1 atom stereocenters. The molecule has 1 aliphatic rings. The Bertz CT molecular complexity index is 917. The molecule has 7 nitrogen and oxygen atoms in total. The van der Waals surface area contributed by atoms with Crippen molar-refractivity contribution in [1.82, 2.24) is 19.9 Å². The Kier molecular flexibility index (Phi) is 4.52. The second kappa shape index (κ2) is 6.97. The summed E-state index contributed by atoms with van der Waals surface area (Å²) in [5, 5.41) is 0. The quantitative estimate of drug-likeness (QED) is 0.758. The highest BCUT2D eigenvalue weighted by Crippen LogP contribution is 2.26. The van der Waals surface area contributed by atoms with Gasteiger partial charge in [0.1, 0.15) is 0 Å². The average Bonchev–Trinajstić information content (AvgIpc) is 3.15. The summed E-state index contributed by atoms with van der Waals surface area (Å²) >= 11 is 1.67. The largest absolute Gasteiger partial charge is 0.366 e. The zero-order chi connectivity index (χ0) is 18.1. The van der Waals surface area contributed by atoms with E-state index in [0.29, 0.717) is 17.6 Å². The molecule has 0 spiro atoms. The van der Waals surface area contributed by atoms with Crippen LogP contribution in [0.5, 0.6) is 0 Å². The van der Waals surface area contributed by atoms with Gasteiger partial charge in [-0.05, 0) is 24.6 Å². The first kappa shape index (κ1) is 16.9. The molecule has 1 fully saturated rings. The van der Waals surface area contributed by atoms with E-state index >= 15 is 0 Å². The number of anilines is 1. The van der Waals surface area contributed by atoms with Crippen LogP contribution in [0, 0.1) is 0 Å². The number of thiazole rings is 1. The number of piperazine rings is 1. The van der Waals surface area contributed by atoms with Crippen LogP contribution in [0.4, 0.5) is 5.95 Å². The van der Waals surface area contributed by atoms with Crippen LogP contribution < -0.4 is 10.6 Å². The lowest BCUT2D eigenvalue weighted by atomic mass is 10.1. The van der Waals surface area contributed by atoms with Crippen LogP contribution in [0.1, 0.15) is 28.9 Å². The van der Waals surface area contributed by atoms with E-state index in [1.54, 1.807) is 11.3 Å². The molecule has 8 heteroatoms. The molecule has 0 radical (unpaired) electrons. The van der Waals surface area contributed by atoms with Gasteiger partial charge < -0.3 is 10.6 Å². The molecular formula is C18H20N6OS. The molecule has 2 aromatic heterocycles. The number of fused-ring (bicyclic) bond motifs is 1. The maximum absolute atomic E-state index is 11.1. The van der Waals surface area contributed by atoms with Crippen molar-refractivity contribution in [3.63, 3.8) is 0 Å². The molecule has 2 N–H and O–H groups in total. The lowest BCUT2D eigenvalue weighted by Gasteiger charge is -2.38. The van der Waals surface area contributed by atoms with Crippen LogP contribution in [0.15, 0.2) is 36.1 Å². The summed E-state index contributed by atoms with van der Waals surface area (Å²) in [6.07, 6.45) is 2.98. The highest BCUT2D eigenvalue weighted by atomic mass is 32.1. The molecule has 3 heterocycles. The molecule has 3 aromatic rings. The van der Waals surface area contributed by atoms with Gasteiger partial charge in [0.05, 0.1) is 21.3 Å². The number of nitrogens with zero attached hydrogens (tertiary/aromatic N) is 5. The summed E-state index contributed by atoms with van der Waals surface area (Å²) in [7, 11) is 0. The molecule has 0 aliphatic carbocycles. The highest BCUT2D eigenvalue weighted by molar-refractivity contribution is 7.16. The van der Waals surface area contributed by atoms with Crippen molar-refractivity contribution in [2.75, 3.05) is 31.1 Å². The van der Waals surface area contributed by atoms with E-state index in [-0.39, 0.29) is 0 Å². The van der Waals surface area contributed by atoms with Crippen molar-refractivity contribution in [3.05, 3.63) is 47.2 Å². The number of carbonyl (C=O) groups excluding carboxylic acids is 1. The molecule has 0 unspecified atom stereocenters. The van der Waals surface area contributed by atoms with Crippen molar-refractivity contribution < 1.29 is 4.79 Å². The third-order valence-electron chi connectivity index (χ3n) is 4.90. The summed E-state index contributed by atoms with van der Waals surface area (Å²) in [5.41, 5.74) is 9.82. The maximum Gasteiger partial charge on any atom is 0.251 e. The molecule has 1 aromatic carbocycles. The molecule has 0 bridgehead atoms.